The molecule has 1 aromatic carbocycles. The molecule has 2 N–H and O–H groups in total. The molecule has 2 aromatic rings. The molecule has 0 saturated heterocycles. The van der Waals surface area contributed by atoms with Crippen LogP contribution in [0, 0.1) is 0 Å². The van der Waals surface area contributed by atoms with Crippen LogP contribution in [0.5, 0.6) is 5.88 Å². The van der Waals surface area contributed by atoms with Gasteiger partial charge in [0, 0.05) is 12.1 Å². The number of pyridine rings is 1. The third-order valence-electron chi connectivity index (χ3n) is 3.45. The fourth-order valence-electron chi connectivity index (χ4n) is 2.05. The molecule has 1 atom stereocenters. The molecule has 0 saturated carbocycles. The van der Waals surface area contributed by atoms with E-state index in [1.165, 1.54) is 5.56 Å². The van der Waals surface area contributed by atoms with Crippen LogP contribution < -0.4 is 15.4 Å². The smallest absolute Gasteiger partial charge is 0.239 e. The first kappa shape index (κ1) is 15.4. The fraction of sp³-hybridized carbons (Fsp3) is 0.312. The van der Waals surface area contributed by atoms with Crippen LogP contribution in [0.25, 0.3) is 0 Å². The van der Waals surface area contributed by atoms with Gasteiger partial charge in [0.1, 0.15) is 5.82 Å². The van der Waals surface area contributed by atoms with Crippen molar-refractivity contribution in [3.8, 4) is 5.88 Å². The summed E-state index contributed by atoms with van der Waals surface area (Å²) >= 11 is 5.93. The van der Waals surface area contributed by atoms with E-state index in [-0.39, 0.29) is 6.04 Å². The van der Waals surface area contributed by atoms with Gasteiger partial charge in [-0.05, 0) is 43.7 Å². The third kappa shape index (κ3) is 3.58. The summed E-state index contributed by atoms with van der Waals surface area (Å²) in [6, 6.07) is 11.7. The molecule has 0 spiro atoms. The van der Waals surface area contributed by atoms with Crippen molar-refractivity contribution in [2.45, 2.75) is 19.9 Å². The number of ether oxygens (including phenoxy) is 1. The van der Waals surface area contributed by atoms with Crippen molar-refractivity contribution in [3.05, 3.63) is 47.0 Å². The predicted molar refractivity (Wildman–Crippen MR) is 88.1 cm³/mol. The van der Waals surface area contributed by atoms with Crippen molar-refractivity contribution in [2.24, 2.45) is 0 Å². The van der Waals surface area contributed by atoms with E-state index in [4.69, 9.17) is 22.1 Å². The Balaban J connectivity index is 2.24. The summed E-state index contributed by atoms with van der Waals surface area (Å²) in [6.45, 7) is 4.56. The molecular formula is C16H20ClN3O. The lowest BCUT2D eigenvalue weighted by molar-refractivity contribution is 0.329. The first-order valence-electron chi connectivity index (χ1n) is 6.90. The van der Waals surface area contributed by atoms with Gasteiger partial charge in [-0.25, -0.2) is 0 Å². The lowest BCUT2D eigenvalue weighted by Gasteiger charge is -2.27. The molecule has 0 aliphatic rings. The summed E-state index contributed by atoms with van der Waals surface area (Å²) in [5.74, 6) is 1.29. The number of nitrogens with two attached hydrogens (primary N) is 1. The highest BCUT2D eigenvalue weighted by molar-refractivity contribution is 6.30. The number of rotatable bonds is 5. The average Bonchev–Trinajstić information content (AvgIpc) is 2.49. The Morgan fingerprint density at radius 3 is 2.52 bits per heavy atom. The van der Waals surface area contributed by atoms with E-state index in [1.807, 2.05) is 50.4 Å². The van der Waals surface area contributed by atoms with Gasteiger partial charge in [0.15, 0.2) is 0 Å². The molecule has 1 heterocycles. The van der Waals surface area contributed by atoms with E-state index >= 15 is 0 Å². The first-order chi connectivity index (χ1) is 10.0. The molecule has 5 heteroatoms. The number of benzene rings is 1. The summed E-state index contributed by atoms with van der Waals surface area (Å²) in [5.41, 5.74) is 7.57. The minimum atomic E-state index is 0.160. The van der Waals surface area contributed by atoms with E-state index in [0.717, 1.165) is 10.8 Å². The van der Waals surface area contributed by atoms with Gasteiger partial charge in [-0.15, -0.1) is 0 Å². The Labute approximate surface area is 130 Å². The SMILES string of the molecule is CCOc1nc(N(C)C(C)c2ccc(Cl)cc2)ccc1N. The van der Waals surface area contributed by atoms with E-state index in [2.05, 4.69) is 16.8 Å². The van der Waals surface area contributed by atoms with Crippen LogP contribution in [-0.4, -0.2) is 18.6 Å². The molecule has 0 aliphatic heterocycles. The first-order valence-corrected chi connectivity index (χ1v) is 7.28. The third-order valence-corrected chi connectivity index (χ3v) is 3.70. The van der Waals surface area contributed by atoms with Crippen LogP contribution in [0.2, 0.25) is 5.02 Å². The monoisotopic (exact) mass is 305 g/mol. The lowest BCUT2D eigenvalue weighted by Crippen LogP contribution is -2.22. The molecule has 0 fully saturated rings. The van der Waals surface area contributed by atoms with Gasteiger partial charge in [-0.2, -0.15) is 4.98 Å². The van der Waals surface area contributed by atoms with Crippen molar-refractivity contribution >= 4 is 23.1 Å². The molecule has 0 bridgehead atoms. The van der Waals surface area contributed by atoms with E-state index in [0.29, 0.717) is 18.2 Å². The van der Waals surface area contributed by atoms with Gasteiger partial charge in [0.2, 0.25) is 5.88 Å². The van der Waals surface area contributed by atoms with Gasteiger partial charge in [-0.1, -0.05) is 23.7 Å². The van der Waals surface area contributed by atoms with Gasteiger partial charge in [0.25, 0.3) is 0 Å². The Bertz CT molecular complexity index is 601. The summed E-state index contributed by atoms with van der Waals surface area (Å²) < 4.78 is 5.45. The van der Waals surface area contributed by atoms with Crippen LogP contribution in [-0.2, 0) is 0 Å². The highest BCUT2D eigenvalue weighted by Gasteiger charge is 2.15. The zero-order valence-corrected chi connectivity index (χ0v) is 13.3. The maximum Gasteiger partial charge on any atom is 0.239 e. The molecule has 0 radical (unpaired) electrons. The zero-order chi connectivity index (χ0) is 15.4. The van der Waals surface area contributed by atoms with Gasteiger partial charge < -0.3 is 15.4 Å². The molecule has 21 heavy (non-hydrogen) atoms. The second-order valence-electron chi connectivity index (χ2n) is 4.84. The van der Waals surface area contributed by atoms with Gasteiger partial charge >= 0.3 is 0 Å². The Morgan fingerprint density at radius 2 is 1.90 bits per heavy atom. The quantitative estimate of drug-likeness (QED) is 0.910. The predicted octanol–water partition coefficient (Wildman–Crippen LogP) is 3.91. The van der Waals surface area contributed by atoms with Crippen LogP contribution >= 0.6 is 11.6 Å². The maximum atomic E-state index is 5.93. The average molecular weight is 306 g/mol. The van der Waals surface area contributed by atoms with Gasteiger partial charge in [0.05, 0.1) is 18.3 Å². The molecule has 4 nitrogen and oxygen atoms in total. The highest BCUT2D eigenvalue weighted by Crippen LogP contribution is 2.28. The van der Waals surface area contributed by atoms with Crippen LogP contribution in [0.4, 0.5) is 11.5 Å². The van der Waals surface area contributed by atoms with Crippen molar-refractivity contribution in [2.75, 3.05) is 24.3 Å². The lowest BCUT2D eigenvalue weighted by atomic mass is 10.1. The fourth-order valence-corrected chi connectivity index (χ4v) is 2.18. The summed E-state index contributed by atoms with van der Waals surface area (Å²) in [5, 5.41) is 0.734. The van der Waals surface area contributed by atoms with Crippen LogP contribution in [0.3, 0.4) is 0 Å². The minimum Gasteiger partial charge on any atom is -0.476 e. The normalized spacial score (nSPS) is 12.0. The zero-order valence-electron chi connectivity index (χ0n) is 12.5. The molecule has 1 aromatic heterocycles. The second kappa shape index (κ2) is 6.68. The number of hydrogen-bond donors (Lipinski definition) is 1. The van der Waals surface area contributed by atoms with Crippen molar-refractivity contribution in [1.29, 1.82) is 0 Å². The molecule has 1 unspecified atom stereocenters. The van der Waals surface area contributed by atoms with E-state index < -0.39 is 0 Å². The number of hydrogen-bond acceptors (Lipinski definition) is 4. The van der Waals surface area contributed by atoms with Crippen LogP contribution in [0.15, 0.2) is 36.4 Å². The molecule has 0 aliphatic carbocycles. The van der Waals surface area contributed by atoms with Crippen molar-refractivity contribution in [3.63, 3.8) is 0 Å². The molecule has 112 valence electrons. The molecule has 2 rings (SSSR count). The second-order valence-corrected chi connectivity index (χ2v) is 5.27. The van der Waals surface area contributed by atoms with Crippen molar-refractivity contribution in [1.82, 2.24) is 4.98 Å². The summed E-state index contributed by atoms with van der Waals surface area (Å²) in [6.07, 6.45) is 0. The van der Waals surface area contributed by atoms with Crippen LogP contribution in [0.1, 0.15) is 25.5 Å². The number of halogens is 1. The minimum absolute atomic E-state index is 0.160. The van der Waals surface area contributed by atoms with Gasteiger partial charge in [-0.3, -0.25) is 0 Å². The number of aromatic nitrogens is 1. The summed E-state index contributed by atoms with van der Waals surface area (Å²) in [4.78, 5) is 6.55. The standard InChI is InChI=1S/C16H20ClN3O/c1-4-21-16-14(18)9-10-15(19-16)20(3)11(2)12-5-7-13(17)8-6-12/h5-11H,4,18H2,1-3H3. The van der Waals surface area contributed by atoms with E-state index in [9.17, 15) is 0 Å². The van der Waals surface area contributed by atoms with E-state index in [1.54, 1.807) is 0 Å². The van der Waals surface area contributed by atoms with Crippen molar-refractivity contribution < 1.29 is 4.74 Å². The largest absolute Gasteiger partial charge is 0.476 e. The number of nitrogens with zero attached hydrogens (tertiary/aromatic N) is 2. The Hall–Kier alpha value is -1.94. The Kier molecular flexibility index (Phi) is 4.91. The molecular weight excluding hydrogens is 286 g/mol. The topological polar surface area (TPSA) is 51.4 Å². The number of anilines is 2. The Morgan fingerprint density at radius 1 is 1.24 bits per heavy atom. The maximum absolute atomic E-state index is 5.93. The molecule has 0 amide bonds. The highest BCUT2D eigenvalue weighted by atomic mass is 35.5. The summed E-state index contributed by atoms with van der Waals surface area (Å²) in [7, 11) is 1.99. The number of nitrogen functional groups attached to an aromatic ring is 1.